The van der Waals surface area contributed by atoms with Crippen molar-refractivity contribution < 1.29 is 14.3 Å². The Morgan fingerprint density at radius 3 is 2.70 bits per heavy atom. The van der Waals surface area contributed by atoms with Gasteiger partial charge in [-0.2, -0.15) is 0 Å². The summed E-state index contributed by atoms with van der Waals surface area (Å²) in [7, 11) is 0. The molecule has 108 valence electrons. The zero-order chi connectivity index (χ0) is 14.4. The molecule has 20 heavy (non-hydrogen) atoms. The summed E-state index contributed by atoms with van der Waals surface area (Å²) in [5, 5.41) is 5.49. The first-order valence-electron chi connectivity index (χ1n) is 6.64. The van der Waals surface area contributed by atoms with Gasteiger partial charge in [-0.1, -0.05) is 12.1 Å². The minimum absolute atomic E-state index is 0.105. The van der Waals surface area contributed by atoms with Gasteiger partial charge in [0.1, 0.15) is 6.10 Å². The fourth-order valence-electron chi connectivity index (χ4n) is 2.02. The van der Waals surface area contributed by atoms with Crippen LogP contribution >= 0.6 is 12.6 Å². The van der Waals surface area contributed by atoms with Crippen LogP contribution in [0.3, 0.4) is 0 Å². The zero-order valence-electron chi connectivity index (χ0n) is 11.1. The number of rotatable bonds is 5. The summed E-state index contributed by atoms with van der Waals surface area (Å²) in [6.45, 7) is 1.41. The highest BCUT2D eigenvalue weighted by molar-refractivity contribution is 7.80. The molecule has 1 aliphatic heterocycles. The van der Waals surface area contributed by atoms with Crippen LogP contribution in [0.25, 0.3) is 0 Å². The molecule has 2 amide bonds. The molecule has 1 aromatic carbocycles. The maximum Gasteiger partial charge on any atom is 0.252 e. The fourth-order valence-corrected chi connectivity index (χ4v) is 2.28. The molecule has 0 saturated carbocycles. The van der Waals surface area contributed by atoms with Crippen LogP contribution in [0.5, 0.6) is 0 Å². The molecule has 1 aromatic rings. The summed E-state index contributed by atoms with van der Waals surface area (Å²) in [5.74, 6) is -0.298. The van der Waals surface area contributed by atoms with Gasteiger partial charge in [0.05, 0.1) is 5.56 Å². The van der Waals surface area contributed by atoms with Crippen molar-refractivity contribution in [3.05, 3.63) is 29.8 Å². The fraction of sp³-hybridized carbons (Fsp3) is 0.429. The van der Waals surface area contributed by atoms with E-state index in [-0.39, 0.29) is 17.9 Å². The Labute approximate surface area is 123 Å². The van der Waals surface area contributed by atoms with Gasteiger partial charge in [-0.3, -0.25) is 9.59 Å². The molecule has 1 fully saturated rings. The molecule has 1 unspecified atom stereocenters. The average Bonchev–Trinajstić information content (AvgIpc) is 2.98. The van der Waals surface area contributed by atoms with Gasteiger partial charge >= 0.3 is 0 Å². The predicted octanol–water partition coefficient (Wildman–Crippen LogP) is 1.00. The molecular weight excluding hydrogens is 276 g/mol. The molecule has 0 spiro atoms. The van der Waals surface area contributed by atoms with E-state index in [1.807, 2.05) is 6.07 Å². The summed E-state index contributed by atoms with van der Waals surface area (Å²) in [5.41, 5.74) is 0.529. The molecule has 1 saturated heterocycles. The molecular formula is C14H18N2O3S. The Bertz CT molecular complexity index is 487. The molecule has 1 atom stereocenters. The van der Waals surface area contributed by atoms with Crippen LogP contribution in [0.15, 0.2) is 29.2 Å². The molecule has 1 aliphatic rings. The number of carbonyl (C=O) groups is 2. The van der Waals surface area contributed by atoms with E-state index >= 15 is 0 Å². The minimum Gasteiger partial charge on any atom is -0.368 e. The van der Waals surface area contributed by atoms with Crippen molar-refractivity contribution in [1.82, 2.24) is 10.6 Å². The van der Waals surface area contributed by atoms with Gasteiger partial charge in [-0.25, -0.2) is 0 Å². The maximum absolute atomic E-state index is 11.9. The number of nitrogens with one attached hydrogen (secondary N) is 2. The average molecular weight is 294 g/mol. The lowest BCUT2D eigenvalue weighted by atomic mass is 10.2. The van der Waals surface area contributed by atoms with E-state index in [9.17, 15) is 9.59 Å². The second kappa shape index (κ2) is 7.31. The van der Waals surface area contributed by atoms with Crippen LogP contribution in [-0.2, 0) is 9.53 Å². The number of amides is 2. The van der Waals surface area contributed by atoms with Gasteiger partial charge < -0.3 is 15.4 Å². The first-order valence-corrected chi connectivity index (χ1v) is 7.08. The number of benzene rings is 1. The van der Waals surface area contributed by atoms with Gasteiger partial charge in [-0.05, 0) is 25.0 Å². The summed E-state index contributed by atoms with van der Waals surface area (Å²) in [4.78, 5) is 24.2. The molecule has 6 heteroatoms. The van der Waals surface area contributed by atoms with Gasteiger partial charge in [0, 0.05) is 24.6 Å². The van der Waals surface area contributed by atoms with E-state index in [4.69, 9.17) is 4.74 Å². The number of hydrogen-bond donors (Lipinski definition) is 3. The molecule has 0 bridgehead atoms. The Balaban J connectivity index is 1.69. The molecule has 0 aliphatic carbocycles. The number of hydrogen-bond acceptors (Lipinski definition) is 4. The van der Waals surface area contributed by atoms with Crippen molar-refractivity contribution in [2.75, 3.05) is 19.7 Å². The third kappa shape index (κ3) is 3.98. The number of thiol groups is 1. The SMILES string of the molecule is O=C(NCCNC(=O)C1CCCO1)c1ccccc1S. The van der Waals surface area contributed by atoms with Gasteiger partial charge in [0.25, 0.3) is 5.91 Å². The third-order valence-electron chi connectivity index (χ3n) is 3.08. The lowest BCUT2D eigenvalue weighted by Crippen LogP contribution is -2.39. The third-order valence-corrected chi connectivity index (χ3v) is 3.47. The van der Waals surface area contributed by atoms with Crippen LogP contribution < -0.4 is 10.6 Å². The van der Waals surface area contributed by atoms with Gasteiger partial charge in [0.15, 0.2) is 0 Å². The molecule has 0 aromatic heterocycles. The second-order valence-electron chi connectivity index (χ2n) is 4.57. The van der Waals surface area contributed by atoms with E-state index in [0.29, 0.717) is 30.2 Å². The van der Waals surface area contributed by atoms with E-state index in [1.54, 1.807) is 18.2 Å². The highest BCUT2D eigenvalue weighted by atomic mass is 32.1. The Morgan fingerprint density at radius 2 is 2.00 bits per heavy atom. The van der Waals surface area contributed by atoms with Crippen LogP contribution in [0.1, 0.15) is 23.2 Å². The number of ether oxygens (including phenoxy) is 1. The second-order valence-corrected chi connectivity index (χ2v) is 5.05. The van der Waals surface area contributed by atoms with Crippen LogP contribution in [0.2, 0.25) is 0 Å². The quantitative estimate of drug-likeness (QED) is 0.560. The molecule has 2 rings (SSSR count). The minimum atomic E-state index is -0.330. The predicted molar refractivity (Wildman–Crippen MR) is 78.0 cm³/mol. The van der Waals surface area contributed by atoms with Crippen molar-refractivity contribution in [3.8, 4) is 0 Å². The number of carbonyl (C=O) groups excluding carboxylic acids is 2. The van der Waals surface area contributed by atoms with Crippen LogP contribution in [0.4, 0.5) is 0 Å². The lowest BCUT2D eigenvalue weighted by molar-refractivity contribution is -0.129. The maximum atomic E-state index is 11.9. The van der Waals surface area contributed by atoms with Crippen molar-refractivity contribution in [3.63, 3.8) is 0 Å². The monoisotopic (exact) mass is 294 g/mol. The first-order chi connectivity index (χ1) is 9.68. The van der Waals surface area contributed by atoms with E-state index in [0.717, 1.165) is 12.8 Å². The highest BCUT2D eigenvalue weighted by Gasteiger charge is 2.22. The molecule has 2 N–H and O–H groups in total. The normalized spacial score (nSPS) is 17.8. The Morgan fingerprint density at radius 1 is 1.25 bits per heavy atom. The zero-order valence-corrected chi connectivity index (χ0v) is 12.0. The van der Waals surface area contributed by atoms with Gasteiger partial charge in [0.2, 0.25) is 5.91 Å². The summed E-state index contributed by atoms with van der Waals surface area (Å²) in [6, 6.07) is 7.08. The van der Waals surface area contributed by atoms with E-state index in [1.165, 1.54) is 0 Å². The summed E-state index contributed by atoms with van der Waals surface area (Å²) >= 11 is 4.23. The van der Waals surface area contributed by atoms with Crippen molar-refractivity contribution in [2.45, 2.75) is 23.8 Å². The summed E-state index contributed by atoms with van der Waals surface area (Å²) < 4.78 is 5.27. The summed E-state index contributed by atoms with van der Waals surface area (Å²) in [6.07, 6.45) is 1.36. The smallest absolute Gasteiger partial charge is 0.252 e. The van der Waals surface area contributed by atoms with Crippen LogP contribution in [0, 0.1) is 0 Å². The molecule has 5 nitrogen and oxygen atoms in total. The first kappa shape index (κ1) is 14.9. The van der Waals surface area contributed by atoms with Crippen molar-refractivity contribution in [2.24, 2.45) is 0 Å². The topological polar surface area (TPSA) is 67.4 Å². The highest BCUT2D eigenvalue weighted by Crippen LogP contribution is 2.12. The lowest BCUT2D eigenvalue weighted by Gasteiger charge is -2.11. The Hall–Kier alpha value is -1.53. The molecule has 0 radical (unpaired) electrons. The van der Waals surface area contributed by atoms with E-state index < -0.39 is 0 Å². The Kier molecular flexibility index (Phi) is 5.43. The van der Waals surface area contributed by atoms with Crippen molar-refractivity contribution >= 4 is 24.4 Å². The van der Waals surface area contributed by atoms with Gasteiger partial charge in [-0.15, -0.1) is 12.6 Å². The van der Waals surface area contributed by atoms with Crippen molar-refractivity contribution in [1.29, 1.82) is 0 Å². The van der Waals surface area contributed by atoms with Crippen LogP contribution in [-0.4, -0.2) is 37.6 Å². The molecule has 1 heterocycles. The largest absolute Gasteiger partial charge is 0.368 e. The standard InChI is InChI=1S/C14H18N2O3S/c17-13(10-4-1-2-6-12(10)20)15-7-8-16-14(18)11-5-3-9-19-11/h1-2,4,6,11,20H,3,5,7-9H2,(H,15,17)(H,16,18). The van der Waals surface area contributed by atoms with E-state index in [2.05, 4.69) is 23.3 Å².